The van der Waals surface area contributed by atoms with Gasteiger partial charge in [-0.15, -0.1) is 11.3 Å². The number of amides is 1. The Kier molecular flexibility index (Phi) is 4.64. The quantitative estimate of drug-likeness (QED) is 0.704. The lowest BCUT2D eigenvalue weighted by atomic mass is 10.1. The highest BCUT2D eigenvalue weighted by atomic mass is 32.2. The summed E-state index contributed by atoms with van der Waals surface area (Å²) in [6.07, 6.45) is 1.74. The summed E-state index contributed by atoms with van der Waals surface area (Å²) in [4.78, 5) is 16.9. The van der Waals surface area contributed by atoms with E-state index in [4.69, 9.17) is 0 Å². The fourth-order valence-corrected chi connectivity index (χ4v) is 4.78. The van der Waals surface area contributed by atoms with E-state index in [0.717, 1.165) is 11.1 Å². The van der Waals surface area contributed by atoms with Gasteiger partial charge in [0.15, 0.2) is 5.13 Å². The molecule has 0 saturated heterocycles. The van der Waals surface area contributed by atoms with Crippen LogP contribution in [0.4, 0.5) is 15.2 Å². The highest BCUT2D eigenvalue weighted by Crippen LogP contribution is 2.31. The fraction of sp³-hybridized carbons (Fsp3) is 0.158. The zero-order valence-electron chi connectivity index (χ0n) is 14.8. The van der Waals surface area contributed by atoms with Crippen LogP contribution in [-0.2, 0) is 16.4 Å². The second kappa shape index (κ2) is 6.99. The topological polar surface area (TPSA) is 79.4 Å². The van der Waals surface area contributed by atoms with E-state index >= 15 is 0 Å². The van der Waals surface area contributed by atoms with E-state index < -0.39 is 10.0 Å². The Morgan fingerprint density at radius 2 is 1.96 bits per heavy atom. The molecule has 0 atom stereocenters. The molecule has 6 nitrogen and oxygen atoms in total. The van der Waals surface area contributed by atoms with Gasteiger partial charge in [0.05, 0.1) is 17.6 Å². The number of fused-ring (bicyclic) bond motifs is 1. The van der Waals surface area contributed by atoms with Crippen molar-refractivity contribution in [2.24, 2.45) is 0 Å². The molecule has 0 aliphatic carbocycles. The maximum Gasteiger partial charge on any atom is 0.257 e. The summed E-state index contributed by atoms with van der Waals surface area (Å²) >= 11 is 1.28. The lowest BCUT2D eigenvalue weighted by molar-refractivity contribution is 0.102. The molecule has 1 aliphatic rings. The SMILES string of the molecule is CS(=O)(=O)N1CCc2cc(C(=O)Nc3nc(-c4ccc(F)cc4)cs3)ccc21. The molecule has 0 spiro atoms. The van der Waals surface area contributed by atoms with Gasteiger partial charge in [0.2, 0.25) is 10.0 Å². The second-order valence-electron chi connectivity index (χ2n) is 6.43. The van der Waals surface area contributed by atoms with Crippen LogP contribution < -0.4 is 9.62 Å². The molecule has 144 valence electrons. The third-order valence-electron chi connectivity index (χ3n) is 4.46. The second-order valence-corrected chi connectivity index (χ2v) is 9.19. The summed E-state index contributed by atoms with van der Waals surface area (Å²) in [6, 6.07) is 10.9. The summed E-state index contributed by atoms with van der Waals surface area (Å²) in [5.41, 5.74) is 3.29. The molecule has 2 heterocycles. The number of halogens is 1. The molecule has 3 aromatic rings. The number of nitrogens with one attached hydrogen (secondary N) is 1. The number of nitrogens with zero attached hydrogens (tertiary/aromatic N) is 2. The van der Waals surface area contributed by atoms with Crippen molar-refractivity contribution in [2.45, 2.75) is 6.42 Å². The van der Waals surface area contributed by atoms with Gasteiger partial charge >= 0.3 is 0 Å². The van der Waals surface area contributed by atoms with Crippen molar-refractivity contribution in [1.29, 1.82) is 0 Å². The molecule has 0 fully saturated rings. The van der Waals surface area contributed by atoms with Crippen molar-refractivity contribution in [1.82, 2.24) is 4.98 Å². The Bertz CT molecular complexity index is 1160. The number of rotatable bonds is 4. The monoisotopic (exact) mass is 417 g/mol. The number of benzene rings is 2. The molecule has 2 aromatic carbocycles. The molecule has 9 heteroatoms. The maximum absolute atomic E-state index is 13.0. The lowest BCUT2D eigenvalue weighted by Gasteiger charge is -2.16. The molecular formula is C19H16FN3O3S2. The average molecular weight is 417 g/mol. The summed E-state index contributed by atoms with van der Waals surface area (Å²) < 4.78 is 38.0. The van der Waals surface area contributed by atoms with Crippen LogP contribution in [0.3, 0.4) is 0 Å². The molecule has 1 N–H and O–H groups in total. The molecule has 1 aromatic heterocycles. The molecule has 1 amide bonds. The number of aromatic nitrogens is 1. The molecule has 4 rings (SSSR count). The van der Waals surface area contributed by atoms with Gasteiger partial charge < -0.3 is 0 Å². The normalized spacial score (nSPS) is 13.4. The van der Waals surface area contributed by atoms with Crippen LogP contribution in [0.2, 0.25) is 0 Å². The van der Waals surface area contributed by atoms with Crippen LogP contribution >= 0.6 is 11.3 Å². The number of hydrogen-bond donors (Lipinski definition) is 1. The van der Waals surface area contributed by atoms with Crippen LogP contribution in [0, 0.1) is 5.82 Å². The number of thiazole rings is 1. The van der Waals surface area contributed by atoms with Gasteiger partial charge in [0.1, 0.15) is 5.82 Å². The highest BCUT2D eigenvalue weighted by molar-refractivity contribution is 7.92. The van der Waals surface area contributed by atoms with Gasteiger partial charge in [0.25, 0.3) is 5.91 Å². The van der Waals surface area contributed by atoms with Gasteiger partial charge in [-0.05, 0) is 54.4 Å². The van der Waals surface area contributed by atoms with Crippen LogP contribution in [0.5, 0.6) is 0 Å². The number of carbonyl (C=O) groups excluding carboxylic acids is 1. The molecule has 0 saturated carbocycles. The van der Waals surface area contributed by atoms with Crippen LogP contribution in [0.25, 0.3) is 11.3 Å². The molecule has 0 bridgehead atoms. The third kappa shape index (κ3) is 3.63. The zero-order valence-corrected chi connectivity index (χ0v) is 16.5. The van der Waals surface area contributed by atoms with E-state index in [-0.39, 0.29) is 11.7 Å². The number of carbonyl (C=O) groups is 1. The van der Waals surface area contributed by atoms with Crippen molar-refractivity contribution in [3.05, 3.63) is 64.8 Å². The summed E-state index contributed by atoms with van der Waals surface area (Å²) in [7, 11) is -3.32. The third-order valence-corrected chi connectivity index (χ3v) is 6.40. The number of sulfonamides is 1. The molecule has 0 unspecified atom stereocenters. The van der Waals surface area contributed by atoms with E-state index in [2.05, 4.69) is 10.3 Å². The van der Waals surface area contributed by atoms with Crippen LogP contribution in [0.15, 0.2) is 47.8 Å². The van der Waals surface area contributed by atoms with Crippen LogP contribution in [0.1, 0.15) is 15.9 Å². The summed E-state index contributed by atoms with van der Waals surface area (Å²) in [5.74, 6) is -0.640. The largest absolute Gasteiger partial charge is 0.298 e. The Hall–Kier alpha value is -2.78. The van der Waals surface area contributed by atoms with Crippen LogP contribution in [-0.4, -0.2) is 32.1 Å². The van der Waals surface area contributed by atoms with Gasteiger partial charge in [-0.25, -0.2) is 17.8 Å². The smallest absolute Gasteiger partial charge is 0.257 e. The first-order valence-corrected chi connectivity index (χ1v) is 11.2. The van der Waals surface area contributed by atoms with Gasteiger partial charge in [-0.3, -0.25) is 14.4 Å². The van der Waals surface area contributed by atoms with Crippen molar-refractivity contribution in [3.63, 3.8) is 0 Å². The standard InChI is InChI=1S/C19H16FN3O3S2/c1-28(25,26)23-9-8-13-10-14(4-7-17(13)23)18(24)22-19-21-16(11-27-19)12-2-5-15(20)6-3-12/h2-7,10-11H,8-9H2,1H3,(H,21,22,24). The molecule has 0 radical (unpaired) electrons. The first-order valence-electron chi connectivity index (χ1n) is 8.45. The Labute approximate surface area is 165 Å². The number of anilines is 2. The predicted molar refractivity (Wildman–Crippen MR) is 108 cm³/mol. The first kappa shape index (κ1) is 18.6. The van der Waals surface area contributed by atoms with Crippen molar-refractivity contribution >= 4 is 38.1 Å². The average Bonchev–Trinajstić information content (AvgIpc) is 3.28. The number of hydrogen-bond acceptors (Lipinski definition) is 5. The lowest BCUT2D eigenvalue weighted by Crippen LogP contribution is -2.27. The first-order chi connectivity index (χ1) is 13.3. The van der Waals surface area contributed by atoms with E-state index in [0.29, 0.717) is 35.0 Å². The Balaban J connectivity index is 1.51. The predicted octanol–water partition coefficient (Wildman–Crippen LogP) is 3.52. The minimum atomic E-state index is -3.32. The Morgan fingerprint density at radius 3 is 2.68 bits per heavy atom. The van der Waals surface area contributed by atoms with E-state index in [1.807, 2.05) is 0 Å². The molecule has 28 heavy (non-hydrogen) atoms. The minimum Gasteiger partial charge on any atom is -0.298 e. The fourth-order valence-electron chi connectivity index (χ4n) is 3.11. The highest BCUT2D eigenvalue weighted by Gasteiger charge is 2.26. The summed E-state index contributed by atoms with van der Waals surface area (Å²) in [6.45, 7) is 0.382. The van der Waals surface area contributed by atoms with Crippen molar-refractivity contribution in [3.8, 4) is 11.3 Å². The van der Waals surface area contributed by atoms with E-state index in [1.54, 1.807) is 35.7 Å². The maximum atomic E-state index is 13.0. The zero-order chi connectivity index (χ0) is 19.9. The summed E-state index contributed by atoms with van der Waals surface area (Å²) in [5, 5.41) is 4.98. The molecular weight excluding hydrogens is 401 g/mol. The van der Waals surface area contributed by atoms with Gasteiger partial charge in [-0.1, -0.05) is 0 Å². The van der Waals surface area contributed by atoms with Crippen molar-refractivity contribution in [2.75, 3.05) is 22.4 Å². The Morgan fingerprint density at radius 1 is 1.21 bits per heavy atom. The van der Waals surface area contributed by atoms with E-state index in [1.165, 1.54) is 34.0 Å². The van der Waals surface area contributed by atoms with E-state index in [9.17, 15) is 17.6 Å². The van der Waals surface area contributed by atoms with Gasteiger partial charge in [0, 0.05) is 23.1 Å². The van der Waals surface area contributed by atoms with Gasteiger partial charge in [-0.2, -0.15) is 0 Å². The minimum absolute atomic E-state index is 0.319. The van der Waals surface area contributed by atoms with Crippen molar-refractivity contribution < 1.29 is 17.6 Å². The molecule has 1 aliphatic heterocycles.